The van der Waals surface area contributed by atoms with Crippen molar-refractivity contribution in [3.63, 3.8) is 0 Å². The monoisotopic (exact) mass is 339 g/mol. The van der Waals surface area contributed by atoms with Gasteiger partial charge in [0.25, 0.3) is 0 Å². The van der Waals surface area contributed by atoms with Crippen molar-refractivity contribution in [2.24, 2.45) is 0 Å². The van der Waals surface area contributed by atoms with E-state index in [1.54, 1.807) is 0 Å². The van der Waals surface area contributed by atoms with Crippen LogP contribution in [0.1, 0.15) is 37.7 Å². The molecule has 0 amide bonds. The average molecular weight is 340 g/mol. The lowest BCUT2D eigenvalue weighted by atomic mass is 10.2. The molecule has 6 heteroatoms. The minimum Gasteiger partial charge on any atom is -0.476 e. The molecule has 2 rings (SSSR count). The Morgan fingerprint density at radius 1 is 1.32 bits per heavy atom. The zero-order chi connectivity index (χ0) is 14.0. The molecule has 1 heterocycles. The number of carbonyl (C=O) groups excluding carboxylic acids is 1. The van der Waals surface area contributed by atoms with E-state index in [0.29, 0.717) is 11.4 Å². The summed E-state index contributed by atoms with van der Waals surface area (Å²) in [7, 11) is 0. The molecule has 2 aromatic rings. The van der Waals surface area contributed by atoms with Gasteiger partial charge in [0, 0.05) is 17.8 Å². The molecule has 1 N–H and O–H groups in total. The highest BCUT2D eigenvalue weighted by Crippen LogP contribution is 2.22. The summed E-state index contributed by atoms with van der Waals surface area (Å²) in [6, 6.07) is 7.68. The Morgan fingerprint density at radius 3 is 2.42 bits per heavy atom. The third-order valence-corrected chi connectivity index (χ3v) is 4.15. The van der Waals surface area contributed by atoms with E-state index in [2.05, 4.69) is 20.9 Å². The number of hydrogen-bond acceptors (Lipinski definition) is 4. The Bertz CT molecular complexity index is 602. The first-order chi connectivity index (χ1) is 8.97. The van der Waals surface area contributed by atoms with Gasteiger partial charge in [-0.25, -0.2) is 9.78 Å². The van der Waals surface area contributed by atoms with E-state index >= 15 is 0 Å². The Hall–Kier alpha value is -1.53. The van der Waals surface area contributed by atoms with Crippen LogP contribution in [-0.2, 0) is 6.42 Å². The number of thiazole rings is 1. The maximum absolute atomic E-state index is 11.4. The summed E-state index contributed by atoms with van der Waals surface area (Å²) in [5.41, 5.74) is 0.869. The average Bonchev–Trinajstić information content (AvgIpc) is 2.76. The van der Waals surface area contributed by atoms with Gasteiger partial charge in [-0.05, 0) is 17.7 Å². The third-order valence-electron chi connectivity index (χ3n) is 2.46. The summed E-state index contributed by atoms with van der Waals surface area (Å²) in [6.45, 7) is 1.35. The number of carbonyl (C=O) groups is 2. The maximum Gasteiger partial charge on any atom is 0.356 e. The molecule has 0 saturated carbocycles. The van der Waals surface area contributed by atoms with Gasteiger partial charge in [-0.3, -0.25) is 4.79 Å². The molecule has 0 spiro atoms. The van der Waals surface area contributed by atoms with Gasteiger partial charge in [0.2, 0.25) is 0 Å². The number of halogens is 1. The normalized spacial score (nSPS) is 10.4. The SMILES string of the molecule is CC(=O)c1sc(Cc2ccc(Br)cc2)nc1C(=O)O. The number of carboxylic acid groups (broad SMARTS) is 1. The molecule has 0 unspecified atom stereocenters. The van der Waals surface area contributed by atoms with Crippen LogP contribution in [0, 0.1) is 0 Å². The summed E-state index contributed by atoms with van der Waals surface area (Å²) in [5, 5.41) is 9.65. The fraction of sp³-hybridized carbons (Fsp3) is 0.154. The number of aromatic carboxylic acids is 1. The van der Waals surface area contributed by atoms with E-state index in [1.165, 1.54) is 6.92 Å². The summed E-state index contributed by atoms with van der Waals surface area (Å²) in [5.74, 6) is -1.43. The van der Waals surface area contributed by atoms with Crippen LogP contribution >= 0.6 is 27.3 Å². The number of rotatable bonds is 4. The lowest BCUT2D eigenvalue weighted by molar-refractivity contribution is 0.0687. The Morgan fingerprint density at radius 2 is 1.95 bits per heavy atom. The predicted octanol–water partition coefficient (Wildman–Crippen LogP) is 3.40. The van der Waals surface area contributed by atoms with E-state index in [9.17, 15) is 9.59 Å². The van der Waals surface area contributed by atoms with Crippen LogP contribution < -0.4 is 0 Å². The first-order valence-corrected chi connectivity index (χ1v) is 7.06. The lowest BCUT2D eigenvalue weighted by Crippen LogP contribution is -2.03. The topological polar surface area (TPSA) is 67.3 Å². The molecule has 0 aliphatic carbocycles. The maximum atomic E-state index is 11.4. The molecule has 4 nitrogen and oxygen atoms in total. The summed E-state index contributed by atoms with van der Waals surface area (Å²) >= 11 is 4.49. The highest BCUT2D eigenvalue weighted by atomic mass is 79.9. The van der Waals surface area contributed by atoms with Gasteiger partial charge < -0.3 is 5.11 Å². The van der Waals surface area contributed by atoms with Crippen LogP contribution in [0.3, 0.4) is 0 Å². The summed E-state index contributed by atoms with van der Waals surface area (Å²) in [4.78, 5) is 26.6. The van der Waals surface area contributed by atoms with E-state index in [4.69, 9.17) is 5.11 Å². The molecule has 0 aliphatic rings. The van der Waals surface area contributed by atoms with E-state index in [-0.39, 0.29) is 16.4 Å². The van der Waals surface area contributed by atoms with Crippen LogP contribution in [0.25, 0.3) is 0 Å². The minimum atomic E-state index is -1.16. The molecule has 0 aliphatic heterocycles. The largest absolute Gasteiger partial charge is 0.476 e. The minimum absolute atomic E-state index is 0.149. The van der Waals surface area contributed by atoms with Crippen LogP contribution in [0.15, 0.2) is 28.7 Å². The van der Waals surface area contributed by atoms with E-state index < -0.39 is 5.97 Å². The molecule has 1 aromatic heterocycles. The second-order valence-electron chi connectivity index (χ2n) is 3.95. The Balaban J connectivity index is 2.31. The highest BCUT2D eigenvalue weighted by Gasteiger charge is 2.20. The second kappa shape index (κ2) is 5.63. The number of benzene rings is 1. The van der Waals surface area contributed by atoms with Gasteiger partial charge >= 0.3 is 5.97 Å². The standard InChI is InChI=1S/C13H10BrNO3S/c1-7(16)12-11(13(17)18)15-10(19-12)6-8-2-4-9(14)5-3-8/h2-5H,6H2,1H3,(H,17,18). The summed E-state index contributed by atoms with van der Waals surface area (Å²) in [6.07, 6.45) is 0.519. The molecule has 0 fully saturated rings. The second-order valence-corrected chi connectivity index (χ2v) is 5.95. The summed E-state index contributed by atoms with van der Waals surface area (Å²) < 4.78 is 0.978. The number of ketones is 1. The predicted molar refractivity (Wildman–Crippen MR) is 76.0 cm³/mol. The van der Waals surface area contributed by atoms with E-state index in [0.717, 1.165) is 21.4 Å². The Kier molecular flexibility index (Phi) is 4.11. The molecular formula is C13H10BrNO3S. The van der Waals surface area contributed by atoms with Crippen molar-refractivity contribution in [1.82, 2.24) is 4.98 Å². The molecule has 0 atom stereocenters. The van der Waals surface area contributed by atoms with Gasteiger partial charge in [-0.1, -0.05) is 28.1 Å². The molecule has 19 heavy (non-hydrogen) atoms. The van der Waals surface area contributed by atoms with Gasteiger partial charge in [-0.2, -0.15) is 0 Å². The van der Waals surface area contributed by atoms with Crippen LogP contribution in [0.2, 0.25) is 0 Å². The van der Waals surface area contributed by atoms with Crippen molar-refractivity contribution in [2.75, 3.05) is 0 Å². The van der Waals surface area contributed by atoms with Crippen molar-refractivity contribution in [2.45, 2.75) is 13.3 Å². The number of hydrogen-bond donors (Lipinski definition) is 1. The number of aromatic nitrogens is 1. The highest BCUT2D eigenvalue weighted by molar-refractivity contribution is 9.10. The van der Waals surface area contributed by atoms with Crippen LogP contribution in [0.5, 0.6) is 0 Å². The number of nitrogens with zero attached hydrogens (tertiary/aromatic N) is 1. The molecule has 0 saturated heterocycles. The van der Waals surface area contributed by atoms with Gasteiger partial charge in [0.1, 0.15) is 4.88 Å². The van der Waals surface area contributed by atoms with Crippen LogP contribution in [-0.4, -0.2) is 21.8 Å². The van der Waals surface area contributed by atoms with Gasteiger partial charge in [-0.15, -0.1) is 11.3 Å². The van der Waals surface area contributed by atoms with Crippen molar-refractivity contribution >= 4 is 39.0 Å². The fourth-order valence-corrected chi connectivity index (χ4v) is 2.85. The Labute approximate surface area is 122 Å². The number of carboxylic acids is 1. The molecule has 1 aromatic carbocycles. The first kappa shape index (κ1) is 13.9. The third kappa shape index (κ3) is 3.27. The molecule has 98 valence electrons. The van der Waals surface area contributed by atoms with E-state index in [1.807, 2.05) is 24.3 Å². The van der Waals surface area contributed by atoms with Crippen molar-refractivity contribution in [3.05, 3.63) is 49.9 Å². The smallest absolute Gasteiger partial charge is 0.356 e. The van der Waals surface area contributed by atoms with Gasteiger partial charge in [0.05, 0.1) is 5.01 Å². The zero-order valence-corrected chi connectivity index (χ0v) is 12.4. The molecule has 0 radical (unpaired) electrons. The quantitative estimate of drug-likeness (QED) is 0.867. The van der Waals surface area contributed by atoms with Crippen LogP contribution in [0.4, 0.5) is 0 Å². The lowest BCUT2D eigenvalue weighted by Gasteiger charge is -1.97. The van der Waals surface area contributed by atoms with Crippen molar-refractivity contribution in [3.8, 4) is 0 Å². The van der Waals surface area contributed by atoms with Gasteiger partial charge in [0.15, 0.2) is 11.5 Å². The zero-order valence-electron chi connectivity index (χ0n) is 10.0. The molecular weight excluding hydrogens is 330 g/mol. The van der Waals surface area contributed by atoms with Crippen molar-refractivity contribution < 1.29 is 14.7 Å². The fourth-order valence-electron chi connectivity index (χ4n) is 1.60. The molecule has 0 bridgehead atoms. The van der Waals surface area contributed by atoms with Crippen molar-refractivity contribution in [1.29, 1.82) is 0 Å². The first-order valence-electron chi connectivity index (χ1n) is 5.45. The number of Topliss-reactive ketones (excluding diaryl/α,β-unsaturated/α-hetero) is 1.